The molecule has 3 N–H and O–H groups in total. The minimum Gasteiger partial charge on any atom is -0.383 e. The van der Waals surface area contributed by atoms with Gasteiger partial charge in [-0.25, -0.2) is 4.98 Å². The SMILES string of the molecule is CN(C)c1ccc(C=NNc2nc(N)cs2)cc1. The summed E-state index contributed by atoms with van der Waals surface area (Å²) in [5.41, 5.74) is 10.5. The number of nitrogens with one attached hydrogen (secondary N) is 1. The number of thiazole rings is 1. The molecule has 0 aliphatic rings. The number of hydrogen-bond donors (Lipinski definition) is 2. The van der Waals surface area contributed by atoms with Gasteiger partial charge < -0.3 is 10.6 Å². The molecule has 0 aliphatic carbocycles. The Morgan fingerprint density at radius 3 is 2.61 bits per heavy atom. The summed E-state index contributed by atoms with van der Waals surface area (Å²) in [6, 6.07) is 8.11. The van der Waals surface area contributed by atoms with Crippen LogP contribution in [0.25, 0.3) is 0 Å². The van der Waals surface area contributed by atoms with E-state index in [0.29, 0.717) is 10.9 Å². The molecule has 2 aromatic rings. The highest BCUT2D eigenvalue weighted by molar-refractivity contribution is 7.14. The maximum absolute atomic E-state index is 5.51. The van der Waals surface area contributed by atoms with Gasteiger partial charge in [-0.3, -0.25) is 5.43 Å². The molecule has 0 spiro atoms. The van der Waals surface area contributed by atoms with E-state index in [1.807, 2.05) is 38.4 Å². The van der Waals surface area contributed by atoms with Crippen LogP contribution in [-0.2, 0) is 0 Å². The van der Waals surface area contributed by atoms with Gasteiger partial charge in [-0.1, -0.05) is 12.1 Å². The molecular formula is C12H15N5S. The van der Waals surface area contributed by atoms with Gasteiger partial charge >= 0.3 is 0 Å². The molecule has 1 aromatic carbocycles. The van der Waals surface area contributed by atoms with Crippen LogP contribution in [-0.4, -0.2) is 25.3 Å². The Kier molecular flexibility index (Phi) is 3.78. The molecule has 0 unspecified atom stereocenters. The fraction of sp³-hybridized carbons (Fsp3) is 0.167. The Balaban J connectivity index is 1.96. The Hall–Kier alpha value is -2.08. The number of nitrogen functional groups attached to an aromatic ring is 1. The third-order valence-corrected chi connectivity index (χ3v) is 3.07. The molecule has 1 aromatic heterocycles. The number of aromatic nitrogens is 1. The fourth-order valence-electron chi connectivity index (χ4n) is 1.36. The van der Waals surface area contributed by atoms with Crippen molar-refractivity contribution >= 4 is 34.2 Å². The zero-order valence-electron chi connectivity index (χ0n) is 10.3. The van der Waals surface area contributed by atoms with Crippen molar-refractivity contribution in [1.82, 2.24) is 4.98 Å². The third-order valence-electron chi connectivity index (χ3n) is 2.31. The van der Waals surface area contributed by atoms with Crippen molar-refractivity contribution in [3.8, 4) is 0 Å². The number of hydrazone groups is 1. The number of nitrogens with two attached hydrogens (primary N) is 1. The van der Waals surface area contributed by atoms with E-state index in [0.717, 1.165) is 11.3 Å². The second-order valence-corrected chi connectivity index (χ2v) is 4.79. The quantitative estimate of drug-likeness (QED) is 0.654. The number of hydrogen-bond acceptors (Lipinski definition) is 6. The van der Waals surface area contributed by atoms with Crippen LogP contribution in [0.15, 0.2) is 34.7 Å². The maximum Gasteiger partial charge on any atom is 0.205 e. The van der Waals surface area contributed by atoms with E-state index in [-0.39, 0.29) is 0 Å². The van der Waals surface area contributed by atoms with Crippen LogP contribution < -0.4 is 16.1 Å². The maximum atomic E-state index is 5.51. The van der Waals surface area contributed by atoms with Crippen molar-refractivity contribution in [3.63, 3.8) is 0 Å². The first kappa shape index (κ1) is 12.4. The minimum atomic E-state index is 0.507. The molecule has 94 valence electrons. The lowest BCUT2D eigenvalue weighted by atomic mass is 10.2. The van der Waals surface area contributed by atoms with E-state index in [9.17, 15) is 0 Å². The third kappa shape index (κ3) is 3.21. The van der Waals surface area contributed by atoms with Crippen molar-refractivity contribution in [1.29, 1.82) is 0 Å². The van der Waals surface area contributed by atoms with E-state index >= 15 is 0 Å². The molecule has 6 heteroatoms. The number of anilines is 3. The summed E-state index contributed by atoms with van der Waals surface area (Å²) < 4.78 is 0. The van der Waals surface area contributed by atoms with Crippen LogP contribution in [0, 0.1) is 0 Å². The average molecular weight is 261 g/mol. The van der Waals surface area contributed by atoms with Gasteiger partial charge in [0, 0.05) is 25.2 Å². The van der Waals surface area contributed by atoms with Gasteiger partial charge in [0.2, 0.25) is 5.13 Å². The topological polar surface area (TPSA) is 66.5 Å². The van der Waals surface area contributed by atoms with E-state index in [1.165, 1.54) is 11.3 Å². The van der Waals surface area contributed by atoms with Gasteiger partial charge in [-0.2, -0.15) is 5.10 Å². The Bertz CT molecular complexity index is 530. The van der Waals surface area contributed by atoms with Crippen LogP contribution in [0.4, 0.5) is 16.6 Å². The first-order chi connectivity index (χ1) is 8.65. The Labute approximate surface area is 110 Å². The lowest BCUT2D eigenvalue weighted by Gasteiger charge is -2.11. The summed E-state index contributed by atoms with van der Waals surface area (Å²) in [6.45, 7) is 0. The van der Waals surface area contributed by atoms with Crippen molar-refractivity contribution in [2.24, 2.45) is 5.10 Å². The highest BCUT2D eigenvalue weighted by Crippen LogP contribution is 2.16. The molecule has 1 heterocycles. The first-order valence-corrected chi connectivity index (χ1v) is 6.30. The average Bonchev–Trinajstić information content (AvgIpc) is 2.76. The normalized spacial score (nSPS) is 10.8. The van der Waals surface area contributed by atoms with Gasteiger partial charge in [0.05, 0.1) is 6.21 Å². The molecule has 0 saturated heterocycles. The van der Waals surface area contributed by atoms with Crippen molar-refractivity contribution < 1.29 is 0 Å². The van der Waals surface area contributed by atoms with Gasteiger partial charge in [0.25, 0.3) is 0 Å². The molecule has 0 aliphatic heterocycles. The second kappa shape index (κ2) is 5.50. The summed E-state index contributed by atoms with van der Waals surface area (Å²) in [7, 11) is 4.02. The highest BCUT2D eigenvalue weighted by Gasteiger charge is 1.96. The first-order valence-electron chi connectivity index (χ1n) is 5.42. The van der Waals surface area contributed by atoms with E-state index < -0.39 is 0 Å². The molecule has 0 saturated carbocycles. The van der Waals surface area contributed by atoms with Crippen molar-refractivity contribution in [2.75, 3.05) is 30.2 Å². The van der Waals surface area contributed by atoms with E-state index in [2.05, 4.69) is 20.4 Å². The second-order valence-electron chi connectivity index (χ2n) is 3.93. The predicted molar refractivity (Wildman–Crippen MR) is 78.5 cm³/mol. The number of rotatable bonds is 4. The van der Waals surface area contributed by atoms with Crippen LogP contribution in [0.5, 0.6) is 0 Å². The predicted octanol–water partition coefficient (Wildman–Crippen LogP) is 2.24. The van der Waals surface area contributed by atoms with Crippen LogP contribution in [0.3, 0.4) is 0 Å². The highest BCUT2D eigenvalue weighted by atomic mass is 32.1. The molecule has 0 amide bonds. The molecular weight excluding hydrogens is 246 g/mol. The molecule has 2 rings (SSSR count). The molecule has 5 nitrogen and oxygen atoms in total. The zero-order valence-corrected chi connectivity index (χ0v) is 11.1. The molecule has 18 heavy (non-hydrogen) atoms. The molecule has 0 radical (unpaired) electrons. The van der Waals surface area contributed by atoms with E-state index in [4.69, 9.17) is 5.73 Å². The zero-order chi connectivity index (χ0) is 13.0. The molecule has 0 bridgehead atoms. The van der Waals surface area contributed by atoms with Crippen molar-refractivity contribution in [2.45, 2.75) is 0 Å². The van der Waals surface area contributed by atoms with Crippen LogP contribution in [0.1, 0.15) is 5.56 Å². The monoisotopic (exact) mass is 261 g/mol. The smallest absolute Gasteiger partial charge is 0.205 e. The van der Waals surface area contributed by atoms with E-state index in [1.54, 1.807) is 11.6 Å². The number of benzene rings is 1. The fourth-order valence-corrected chi connectivity index (χ4v) is 1.91. The Morgan fingerprint density at radius 2 is 2.06 bits per heavy atom. The number of nitrogens with zero attached hydrogens (tertiary/aromatic N) is 3. The molecule has 0 atom stereocenters. The summed E-state index contributed by atoms with van der Waals surface area (Å²) >= 11 is 1.42. The van der Waals surface area contributed by atoms with Gasteiger partial charge in [-0.15, -0.1) is 11.3 Å². The largest absolute Gasteiger partial charge is 0.383 e. The minimum absolute atomic E-state index is 0.507. The molecule has 0 fully saturated rings. The Morgan fingerprint density at radius 1 is 1.33 bits per heavy atom. The summed E-state index contributed by atoms with van der Waals surface area (Å²) in [5.74, 6) is 0.507. The lowest BCUT2D eigenvalue weighted by molar-refractivity contribution is 1.13. The van der Waals surface area contributed by atoms with Crippen LogP contribution in [0.2, 0.25) is 0 Å². The van der Waals surface area contributed by atoms with Gasteiger partial charge in [0.1, 0.15) is 5.82 Å². The van der Waals surface area contributed by atoms with Gasteiger partial charge in [-0.05, 0) is 17.7 Å². The van der Waals surface area contributed by atoms with Crippen molar-refractivity contribution in [3.05, 3.63) is 35.2 Å². The summed E-state index contributed by atoms with van der Waals surface area (Å²) in [6.07, 6.45) is 1.75. The van der Waals surface area contributed by atoms with Gasteiger partial charge in [0.15, 0.2) is 0 Å². The standard InChI is InChI=1S/C12H15N5S/c1-17(2)10-5-3-9(4-6-10)7-14-16-12-15-11(13)8-18-12/h3-8H,13H2,1-2H3,(H,15,16). The summed E-state index contributed by atoms with van der Waals surface area (Å²) in [4.78, 5) is 6.10. The lowest BCUT2D eigenvalue weighted by Crippen LogP contribution is -2.08. The van der Waals surface area contributed by atoms with Crippen LogP contribution >= 0.6 is 11.3 Å². The summed E-state index contributed by atoms with van der Waals surface area (Å²) in [5, 5.41) is 6.56.